The number of pyridine rings is 1. The number of rotatable bonds is 5. The van der Waals surface area contributed by atoms with Gasteiger partial charge in [-0.25, -0.2) is 24.5 Å². The number of benzene rings is 1. The summed E-state index contributed by atoms with van der Waals surface area (Å²) < 4.78 is 8.99. The number of carboxylic acid groups (broad SMARTS) is 1. The molecule has 4 aromatic rings. The Morgan fingerprint density at radius 2 is 1.72 bits per heavy atom. The predicted molar refractivity (Wildman–Crippen MR) is 136 cm³/mol. The van der Waals surface area contributed by atoms with Crippen LogP contribution in [0.2, 0.25) is 0 Å². The Balaban J connectivity index is 1.52. The number of carboxylic acids is 1. The molecular formula is C26H28N6O4. The lowest BCUT2D eigenvalue weighted by atomic mass is 9.90. The van der Waals surface area contributed by atoms with Crippen molar-refractivity contribution in [2.45, 2.75) is 25.7 Å². The molecule has 1 saturated heterocycles. The topological polar surface area (TPSA) is 115 Å². The zero-order valence-corrected chi connectivity index (χ0v) is 20.7. The van der Waals surface area contributed by atoms with E-state index in [1.807, 2.05) is 25.1 Å². The van der Waals surface area contributed by atoms with Crippen LogP contribution in [0.15, 0.2) is 41.6 Å². The number of fused-ring (bicyclic) bond motifs is 1. The molecule has 0 saturated carbocycles. The van der Waals surface area contributed by atoms with E-state index in [4.69, 9.17) is 4.74 Å². The molecule has 10 heteroatoms. The van der Waals surface area contributed by atoms with Crippen molar-refractivity contribution in [1.29, 1.82) is 0 Å². The molecule has 5 rings (SSSR count). The molecule has 0 atom stereocenters. The molecule has 0 aliphatic carbocycles. The zero-order valence-electron chi connectivity index (χ0n) is 20.7. The van der Waals surface area contributed by atoms with E-state index in [-0.39, 0.29) is 11.4 Å². The van der Waals surface area contributed by atoms with Crippen molar-refractivity contribution in [1.82, 2.24) is 24.1 Å². The molecule has 1 N–H and O–H groups in total. The lowest BCUT2D eigenvalue weighted by molar-refractivity contribution is 0.0689. The second-order valence-corrected chi connectivity index (χ2v) is 9.21. The van der Waals surface area contributed by atoms with Gasteiger partial charge in [-0.15, -0.1) is 0 Å². The number of imidazole rings is 1. The Hall–Kier alpha value is -4.05. The van der Waals surface area contributed by atoms with Crippen molar-refractivity contribution >= 4 is 28.4 Å². The lowest BCUT2D eigenvalue weighted by Gasteiger charge is -2.26. The molecule has 1 aliphatic heterocycles. The summed E-state index contributed by atoms with van der Waals surface area (Å²) in [4.78, 5) is 39.0. The largest absolute Gasteiger partial charge is 0.477 e. The van der Waals surface area contributed by atoms with Gasteiger partial charge in [-0.1, -0.05) is 0 Å². The molecule has 1 fully saturated rings. The van der Waals surface area contributed by atoms with Gasteiger partial charge in [-0.3, -0.25) is 9.13 Å². The van der Waals surface area contributed by atoms with Crippen LogP contribution in [0.25, 0.3) is 22.4 Å². The first-order valence-electron chi connectivity index (χ1n) is 11.8. The fourth-order valence-corrected chi connectivity index (χ4v) is 4.90. The molecule has 4 heterocycles. The van der Waals surface area contributed by atoms with Gasteiger partial charge in [0, 0.05) is 51.8 Å². The maximum Gasteiger partial charge on any atom is 0.354 e. The van der Waals surface area contributed by atoms with E-state index in [2.05, 4.69) is 21.0 Å². The van der Waals surface area contributed by atoms with Crippen LogP contribution in [0.4, 0.5) is 11.4 Å². The van der Waals surface area contributed by atoms with E-state index in [0.29, 0.717) is 36.1 Å². The average Bonchev–Trinajstić information content (AvgIpc) is 3.12. The molecule has 186 valence electrons. The van der Waals surface area contributed by atoms with E-state index in [9.17, 15) is 14.7 Å². The summed E-state index contributed by atoms with van der Waals surface area (Å²) in [5.41, 5.74) is 5.87. The lowest BCUT2D eigenvalue weighted by Crippen LogP contribution is -2.20. The summed E-state index contributed by atoms with van der Waals surface area (Å²) in [6.07, 6.45) is 6.75. The van der Waals surface area contributed by atoms with E-state index in [1.165, 1.54) is 6.20 Å². The van der Waals surface area contributed by atoms with Crippen molar-refractivity contribution in [3.8, 4) is 11.4 Å². The van der Waals surface area contributed by atoms with Crippen molar-refractivity contribution in [3.63, 3.8) is 0 Å². The van der Waals surface area contributed by atoms with Crippen LogP contribution < -0.4 is 10.6 Å². The number of aromatic carboxylic acids is 1. The first-order chi connectivity index (χ1) is 17.3. The van der Waals surface area contributed by atoms with Gasteiger partial charge >= 0.3 is 11.7 Å². The molecule has 0 spiro atoms. The highest BCUT2D eigenvalue weighted by Crippen LogP contribution is 2.36. The quantitative estimate of drug-likeness (QED) is 0.455. The van der Waals surface area contributed by atoms with Crippen molar-refractivity contribution < 1.29 is 14.6 Å². The van der Waals surface area contributed by atoms with Crippen molar-refractivity contribution in [2.75, 3.05) is 25.2 Å². The van der Waals surface area contributed by atoms with Crippen LogP contribution in [0.5, 0.6) is 0 Å². The normalized spacial score (nSPS) is 14.3. The number of hydrogen-bond acceptors (Lipinski definition) is 7. The van der Waals surface area contributed by atoms with Crippen LogP contribution in [0.1, 0.15) is 40.4 Å². The fourth-order valence-electron chi connectivity index (χ4n) is 4.90. The Morgan fingerprint density at radius 3 is 2.36 bits per heavy atom. The molecule has 0 radical (unpaired) electrons. The number of anilines is 2. The summed E-state index contributed by atoms with van der Waals surface area (Å²) in [5.74, 6) is -0.292. The van der Waals surface area contributed by atoms with E-state index >= 15 is 0 Å². The van der Waals surface area contributed by atoms with E-state index in [1.54, 1.807) is 41.6 Å². The molecule has 1 aliphatic rings. The summed E-state index contributed by atoms with van der Waals surface area (Å²) in [5, 5.41) is 9.21. The van der Waals surface area contributed by atoms with Crippen LogP contribution in [0.3, 0.4) is 0 Å². The Bertz CT molecular complexity index is 1520. The standard InChI is InChI=1S/C26H28N6O4/c1-15-9-17(12-27-22(15)25(33)34)24-28-13-19(14-29-24)30(2)18-10-20(16-5-7-36-8-6-16)23-21(11-18)31(3)26(35)32(23)4/h9-14,16H,5-8H2,1-4H3,(H,33,34). The predicted octanol–water partition coefficient (Wildman–Crippen LogP) is 3.40. The molecule has 1 aromatic carbocycles. The van der Waals surface area contributed by atoms with Crippen molar-refractivity contribution in [2.24, 2.45) is 14.1 Å². The van der Waals surface area contributed by atoms with Gasteiger partial charge in [0.25, 0.3) is 0 Å². The maximum absolute atomic E-state index is 12.8. The van der Waals surface area contributed by atoms with E-state index < -0.39 is 5.97 Å². The highest BCUT2D eigenvalue weighted by molar-refractivity contribution is 5.88. The van der Waals surface area contributed by atoms with Gasteiger partial charge in [0.15, 0.2) is 11.5 Å². The number of aryl methyl sites for hydroxylation is 3. The second kappa shape index (κ2) is 9.19. The third-order valence-corrected chi connectivity index (χ3v) is 6.99. The van der Waals surface area contributed by atoms with Gasteiger partial charge in [-0.2, -0.15) is 0 Å². The molecule has 0 bridgehead atoms. The van der Waals surface area contributed by atoms with Gasteiger partial charge in [-0.05, 0) is 55.0 Å². The minimum Gasteiger partial charge on any atom is -0.477 e. The highest BCUT2D eigenvalue weighted by atomic mass is 16.5. The highest BCUT2D eigenvalue weighted by Gasteiger charge is 2.24. The molecule has 36 heavy (non-hydrogen) atoms. The third-order valence-electron chi connectivity index (χ3n) is 6.99. The summed E-state index contributed by atoms with van der Waals surface area (Å²) >= 11 is 0. The number of carbonyl (C=O) groups is 1. The summed E-state index contributed by atoms with van der Waals surface area (Å²) in [7, 11) is 5.57. The second-order valence-electron chi connectivity index (χ2n) is 9.21. The van der Waals surface area contributed by atoms with Crippen LogP contribution in [0, 0.1) is 6.92 Å². The maximum atomic E-state index is 12.8. The molecule has 0 amide bonds. The monoisotopic (exact) mass is 488 g/mol. The van der Waals surface area contributed by atoms with E-state index in [0.717, 1.165) is 40.8 Å². The molecular weight excluding hydrogens is 460 g/mol. The molecule has 0 unspecified atom stereocenters. The third kappa shape index (κ3) is 4.03. The van der Waals surface area contributed by atoms with Crippen LogP contribution in [-0.4, -0.2) is 55.4 Å². The number of hydrogen-bond donors (Lipinski definition) is 1. The summed E-state index contributed by atoms with van der Waals surface area (Å²) in [6.45, 7) is 3.12. The SMILES string of the molecule is Cc1cc(-c2ncc(N(C)c3cc(C4CCOCC4)c4c(c3)n(C)c(=O)n4C)cn2)cnc1C(=O)O. The number of nitrogens with zero attached hydrogens (tertiary/aromatic N) is 6. The molecule has 10 nitrogen and oxygen atoms in total. The first-order valence-corrected chi connectivity index (χ1v) is 11.8. The Morgan fingerprint density at radius 1 is 1.03 bits per heavy atom. The van der Waals surface area contributed by atoms with Crippen molar-refractivity contribution in [3.05, 3.63) is 64.1 Å². The minimum absolute atomic E-state index is 0.0149. The van der Waals surface area contributed by atoms with Crippen LogP contribution >= 0.6 is 0 Å². The van der Waals surface area contributed by atoms with Gasteiger partial charge < -0.3 is 14.7 Å². The zero-order chi connectivity index (χ0) is 25.6. The fraction of sp³-hybridized carbons (Fsp3) is 0.346. The first kappa shape index (κ1) is 23.7. The number of aromatic nitrogens is 5. The minimum atomic E-state index is -1.06. The Labute approximate surface area is 207 Å². The molecule has 3 aromatic heterocycles. The Kier molecular flexibility index (Phi) is 6.05. The van der Waals surface area contributed by atoms with Gasteiger partial charge in [0.1, 0.15) is 0 Å². The van der Waals surface area contributed by atoms with Gasteiger partial charge in [0.05, 0.1) is 29.1 Å². The summed E-state index contributed by atoms with van der Waals surface area (Å²) in [6, 6.07) is 5.90. The van der Waals surface area contributed by atoms with Gasteiger partial charge in [0.2, 0.25) is 0 Å². The average molecular weight is 489 g/mol. The smallest absolute Gasteiger partial charge is 0.354 e. The number of ether oxygens (including phenoxy) is 1. The van der Waals surface area contributed by atoms with Crippen LogP contribution in [-0.2, 0) is 18.8 Å².